The summed E-state index contributed by atoms with van der Waals surface area (Å²) >= 11 is 0. The predicted octanol–water partition coefficient (Wildman–Crippen LogP) is 2.61. The highest BCUT2D eigenvalue weighted by Crippen LogP contribution is 2.18. The summed E-state index contributed by atoms with van der Waals surface area (Å²) in [6.07, 6.45) is 1.63. The third kappa shape index (κ3) is 2.55. The smallest absolute Gasteiger partial charge is 0.274 e. The number of nitrogens with zero attached hydrogens (tertiary/aromatic N) is 3. The third-order valence-electron chi connectivity index (χ3n) is 3.00. The van der Waals surface area contributed by atoms with E-state index >= 15 is 0 Å². The first-order valence-corrected chi connectivity index (χ1v) is 6.17. The molecule has 1 aromatic heterocycles. The van der Waals surface area contributed by atoms with E-state index in [-0.39, 0.29) is 18.5 Å². The fourth-order valence-electron chi connectivity index (χ4n) is 1.99. The van der Waals surface area contributed by atoms with Crippen LogP contribution in [0.25, 0.3) is 10.8 Å². The minimum absolute atomic E-state index is 0.0343. The fraction of sp³-hybridized carbons (Fsp3) is 0.267. The van der Waals surface area contributed by atoms with Crippen molar-refractivity contribution in [2.24, 2.45) is 0 Å². The Balaban J connectivity index is 2.49. The van der Waals surface area contributed by atoms with E-state index in [0.717, 1.165) is 10.8 Å². The second kappa shape index (κ2) is 5.49. The molecule has 4 heteroatoms. The van der Waals surface area contributed by atoms with E-state index in [9.17, 15) is 4.79 Å². The molecule has 0 saturated heterocycles. The first kappa shape index (κ1) is 13.0. The van der Waals surface area contributed by atoms with Crippen LogP contribution in [0, 0.1) is 11.3 Å². The minimum Gasteiger partial charge on any atom is -0.322 e. The van der Waals surface area contributed by atoms with Crippen LogP contribution in [0.4, 0.5) is 0 Å². The Morgan fingerprint density at radius 3 is 2.79 bits per heavy atom. The average molecular weight is 253 g/mol. The molecule has 0 aliphatic heterocycles. The number of benzene rings is 1. The van der Waals surface area contributed by atoms with E-state index in [4.69, 9.17) is 5.26 Å². The number of fused-ring (bicyclic) bond motifs is 1. The number of amides is 1. The summed E-state index contributed by atoms with van der Waals surface area (Å²) in [5.41, 5.74) is 0.405. The Morgan fingerprint density at radius 1 is 1.37 bits per heavy atom. The van der Waals surface area contributed by atoms with Gasteiger partial charge >= 0.3 is 0 Å². The van der Waals surface area contributed by atoms with Gasteiger partial charge in [-0.05, 0) is 25.3 Å². The van der Waals surface area contributed by atoms with Crippen LogP contribution in [0.1, 0.15) is 24.3 Å². The molecule has 0 saturated carbocycles. The van der Waals surface area contributed by atoms with Crippen LogP contribution in [0.2, 0.25) is 0 Å². The van der Waals surface area contributed by atoms with Crippen LogP contribution in [0.3, 0.4) is 0 Å². The maximum Gasteiger partial charge on any atom is 0.274 e. The molecule has 96 valence electrons. The van der Waals surface area contributed by atoms with Gasteiger partial charge in [0.15, 0.2) is 0 Å². The zero-order valence-corrected chi connectivity index (χ0v) is 11.0. The highest BCUT2D eigenvalue weighted by molar-refractivity contribution is 6.05. The number of aromatic nitrogens is 1. The molecule has 4 nitrogen and oxygen atoms in total. The maximum absolute atomic E-state index is 12.5. The van der Waals surface area contributed by atoms with Gasteiger partial charge in [0.05, 0.1) is 6.07 Å². The lowest BCUT2D eigenvalue weighted by molar-refractivity contribution is 0.0727. The topological polar surface area (TPSA) is 57.0 Å². The van der Waals surface area contributed by atoms with Crippen molar-refractivity contribution in [2.75, 3.05) is 6.54 Å². The largest absolute Gasteiger partial charge is 0.322 e. The standard InChI is InChI=1S/C15H15N3O/c1-11(2)18(10-8-16)15(19)14-13-6-4-3-5-12(13)7-9-17-14/h3-7,9,11H,10H2,1-2H3. The molecule has 19 heavy (non-hydrogen) atoms. The van der Waals surface area contributed by atoms with Gasteiger partial charge in [0.25, 0.3) is 5.91 Å². The molecule has 1 aromatic carbocycles. The Labute approximate surface area is 112 Å². The summed E-state index contributed by atoms with van der Waals surface area (Å²) in [7, 11) is 0. The lowest BCUT2D eigenvalue weighted by Crippen LogP contribution is -2.37. The number of rotatable bonds is 3. The fourth-order valence-corrected chi connectivity index (χ4v) is 1.99. The van der Waals surface area contributed by atoms with Crippen LogP contribution in [-0.2, 0) is 0 Å². The van der Waals surface area contributed by atoms with Crippen molar-refractivity contribution in [1.82, 2.24) is 9.88 Å². The molecule has 0 radical (unpaired) electrons. The van der Waals surface area contributed by atoms with E-state index in [1.54, 1.807) is 6.20 Å². The zero-order chi connectivity index (χ0) is 13.8. The second-order valence-electron chi connectivity index (χ2n) is 4.57. The molecule has 0 fully saturated rings. The zero-order valence-electron chi connectivity index (χ0n) is 11.0. The number of carbonyl (C=O) groups is 1. The van der Waals surface area contributed by atoms with Crippen LogP contribution >= 0.6 is 0 Å². The van der Waals surface area contributed by atoms with Crippen molar-refractivity contribution >= 4 is 16.7 Å². The van der Waals surface area contributed by atoms with Gasteiger partial charge in [-0.25, -0.2) is 0 Å². The number of pyridine rings is 1. The van der Waals surface area contributed by atoms with Crippen LogP contribution < -0.4 is 0 Å². The summed E-state index contributed by atoms with van der Waals surface area (Å²) in [4.78, 5) is 18.2. The first-order chi connectivity index (χ1) is 9.15. The normalized spacial score (nSPS) is 10.4. The van der Waals surface area contributed by atoms with E-state index in [1.807, 2.05) is 50.2 Å². The van der Waals surface area contributed by atoms with Crippen molar-refractivity contribution < 1.29 is 4.79 Å². The minimum atomic E-state index is -0.201. The number of hydrogen-bond acceptors (Lipinski definition) is 3. The number of hydrogen-bond donors (Lipinski definition) is 0. The van der Waals surface area contributed by atoms with Gasteiger partial charge in [0.2, 0.25) is 0 Å². The number of carbonyl (C=O) groups excluding carboxylic acids is 1. The Bertz CT molecular complexity index is 638. The monoisotopic (exact) mass is 253 g/mol. The van der Waals surface area contributed by atoms with Crippen molar-refractivity contribution in [3.8, 4) is 6.07 Å². The third-order valence-corrected chi connectivity index (χ3v) is 3.00. The van der Waals surface area contributed by atoms with E-state index in [0.29, 0.717) is 5.69 Å². The molecule has 2 rings (SSSR count). The van der Waals surface area contributed by atoms with Crippen LogP contribution in [0.15, 0.2) is 36.5 Å². The summed E-state index contributed by atoms with van der Waals surface area (Å²) in [6.45, 7) is 3.85. The summed E-state index contributed by atoms with van der Waals surface area (Å²) < 4.78 is 0. The van der Waals surface area contributed by atoms with Crippen molar-refractivity contribution in [3.05, 3.63) is 42.2 Å². The molecular formula is C15H15N3O. The average Bonchev–Trinajstić information content (AvgIpc) is 2.43. The molecule has 2 aromatic rings. The summed E-state index contributed by atoms with van der Waals surface area (Å²) in [6, 6.07) is 11.5. The summed E-state index contributed by atoms with van der Waals surface area (Å²) in [5, 5.41) is 10.6. The Hall–Kier alpha value is -2.41. The van der Waals surface area contributed by atoms with Gasteiger partial charge in [0, 0.05) is 17.6 Å². The first-order valence-electron chi connectivity index (χ1n) is 6.17. The van der Waals surface area contributed by atoms with E-state index in [1.165, 1.54) is 4.90 Å². The summed E-state index contributed by atoms with van der Waals surface area (Å²) in [5.74, 6) is -0.201. The van der Waals surface area contributed by atoms with Gasteiger partial charge in [0.1, 0.15) is 12.2 Å². The molecule has 1 heterocycles. The number of nitriles is 1. The molecule has 0 unspecified atom stereocenters. The van der Waals surface area contributed by atoms with Gasteiger partial charge in [-0.15, -0.1) is 0 Å². The molecule has 0 N–H and O–H groups in total. The highest BCUT2D eigenvalue weighted by atomic mass is 16.2. The Kier molecular flexibility index (Phi) is 3.76. The lowest BCUT2D eigenvalue weighted by Gasteiger charge is -2.23. The molecule has 0 aliphatic rings. The molecular weight excluding hydrogens is 238 g/mol. The van der Waals surface area contributed by atoms with Gasteiger partial charge in [-0.1, -0.05) is 24.3 Å². The molecule has 0 aliphatic carbocycles. The van der Waals surface area contributed by atoms with Crippen molar-refractivity contribution in [2.45, 2.75) is 19.9 Å². The quantitative estimate of drug-likeness (QED) is 0.790. The lowest BCUT2D eigenvalue weighted by atomic mass is 10.1. The SMILES string of the molecule is CC(C)N(CC#N)C(=O)c1nccc2ccccc12. The second-order valence-corrected chi connectivity index (χ2v) is 4.57. The van der Waals surface area contributed by atoms with Gasteiger partial charge < -0.3 is 4.90 Å². The molecule has 1 amide bonds. The molecule has 0 bridgehead atoms. The van der Waals surface area contributed by atoms with Crippen molar-refractivity contribution in [3.63, 3.8) is 0 Å². The van der Waals surface area contributed by atoms with Crippen LogP contribution in [-0.4, -0.2) is 28.4 Å². The van der Waals surface area contributed by atoms with Gasteiger partial charge in [-0.3, -0.25) is 9.78 Å². The van der Waals surface area contributed by atoms with E-state index < -0.39 is 0 Å². The van der Waals surface area contributed by atoms with E-state index in [2.05, 4.69) is 4.98 Å². The molecule has 0 spiro atoms. The van der Waals surface area contributed by atoms with Crippen LogP contribution in [0.5, 0.6) is 0 Å². The van der Waals surface area contributed by atoms with Crippen molar-refractivity contribution in [1.29, 1.82) is 5.26 Å². The highest BCUT2D eigenvalue weighted by Gasteiger charge is 2.21. The Morgan fingerprint density at radius 2 is 2.11 bits per heavy atom. The van der Waals surface area contributed by atoms with Gasteiger partial charge in [-0.2, -0.15) is 5.26 Å². The maximum atomic E-state index is 12.5. The predicted molar refractivity (Wildman–Crippen MR) is 73.5 cm³/mol. The molecule has 0 atom stereocenters.